The number of ether oxygens (including phenoxy) is 2. The first-order valence-electron chi connectivity index (χ1n) is 5.08. The minimum atomic E-state index is -2.54. The molecule has 0 amide bonds. The van der Waals surface area contributed by atoms with Gasteiger partial charge in [-0.2, -0.15) is 8.78 Å². The molecule has 6 heteroatoms. The Labute approximate surface area is 96.1 Å². The summed E-state index contributed by atoms with van der Waals surface area (Å²) in [6.45, 7) is 1.45. The van der Waals surface area contributed by atoms with Gasteiger partial charge in [-0.05, 0) is 19.1 Å². The summed E-state index contributed by atoms with van der Waals surface area (Å²) in [6, 6.07) is 2.34. The van der Waals surface area contributed by atoms with Gasteiger partial charge in [0.05, 0.1) is 13.2 Å². The Morgan fingerprint density at radius 3 is 2.06 bits per heavy atom. The Morgan fingerprint density at radius 1 is 1.06 bits per heavy atom. The van der Waals surface area contributed by atoms with Crippen molar-refractivity contribution in [2.45, 2.75) is 19.8 Å². The van der Waals surface area contributed by atoms with Crippen molar-refractivity contribution in [1.29, 1.82) is 0 Å². The summed E-state index contributed by atoms with van der Waals surface area (Å²) in [7, 11) is 0. The van der Waals surface area contributed by atoms with Gasteiger partial charge in [0.25, 0.3) is 0 Å². The van der Waals surface area contributed by atoms with Gasteiger partial charge in [0.1, 0.15) is 0 Å². The van der Waals surface area contributed by atoms with Crippen LogP contribution in [0.2, 0.25) is 0 Å². The molecule has 0 spiro atoms. The van der Waals surface area contributed by atoms with Crippen molar-refractivity contribution in [3.05, 3.63) is 23.8 Å². The van der Waals surface area contributed by atoms with Gasteiger partial charge in [0.2, 0.25) is 18.1 Å². The third kappa shape index (κ3) is 3.80. The molecule has 0 aliphatic heterocycles. The Hall–Kier alpha value is -1.46. The molecule has 1 rings (SSSR count). The second-order valence-corrected chi connectivity index (χ2v) is 3.15. The van der Waals surface area contributed by atoms with E-state index in [1.54, 1.807) is 6.92 Å². The molecule has 1 aromatic rings. The zero-order valence-electron chi connectivity index (χ0n) is 9.18. The fraction of sp³-hybridized carbons (Fsp3) is 0.455. The average molecular weight is 252 g/mol. The van der Waals surface area contributed by atoms with Crippen molar-refractivity contribution < 1.29 is 27.0 Å². The second kappa shape index (κ2) is 6.32. The Bertz CT molecular complexity index is 369. The molecule has 0 N–H and O–H groups in total. The maximum absolute atomic E-state index is 13.3. The molecule has 0 saturated carbocycles. The maximum Gasteiger partial charge on any atom is 0.241 e. The summed E-state index contributed by atoms with van der Waals surface area (Å²) in [5.41, 5.74) is 0. The lowest BCUT2D eigenvalue weighted by atomic mass is 10.3. The van der Waals surface area contributed by atoms with Crippen LogP contribution in [0.15, 0.2) is 12.1 Å². The van der Waals surface area contributed by atoms with E-state index in [9.17, 15) is 17.6 Å². The van der Waals surface area contributed by atoms with Crippen molar-refractivity contribution in [1.82, 2.24) is 0 Å². The number of alkyl halides is 2. The third-order valence-corrected chi connectivity index (χ3v) is 1.90. The lowest BCUT2D eigenvalue weighted by Crippen LogP contribution is -2.05. The highest BCUT2D eigenvalue weighted by atomic mass is 19.3. The van der Waals surface area contributed by atoms with Crippen molar-refractivity contribution in [3.63, 3.8) is 0 Å². The van der Waals surface area contributed by atoms with Gasteiger partial charge in [-0.15, -0.1) is 0 Å². The summed E-state index contributed by atoms with van der Waals surface area (Å²) in [6.07, 6.45) is -3.07. The third-order valence-electron chi connectivity index (χ3n) is 1.90. The lowest BCUT2D eigenvalue weighted by Gasteiger charge is -2.10. The van der Waals surface area contributed by atoms with E-state index in [-0.39, 0.29) is 19.0 Å². The summed E-state index contributed by atoms with van der Waals surface area (Å²) in [5, 5.41) is 0. The second-order valence-electron chi connectivity index (χ2n) is 3.15. The zero-order chi connectivity index (χ0) is 12.8. The van der Waals surface area contributed by atoms with Crippen LogP contribution >= 0.6 is 0 Å². The van der Waals surface area contributed by atoms with Crippen LogP contribution < -0.4 is 9.47 Å². The van der Waals surface area contributed by atoms with Crippen LogP contribution in [-0.4, -0.2) is 19.6 Å². The molecule has 1 aromatic carbocycles. The average Bonchev–Trinajstić information content (AvgIpc) is 2.28. The largest absolute Gasteiger partial charge is 0.491 e. The number of hydrogen-bond donors (Lipinski definition) is 0. The van der Waals surface area contributed by atoms with E-state index in [4.69, 9.17) is 9.47 Å². The van der Waals surface area contributed by atoms with Crippen LogP contribution in [0.4, 0.5) is 17.6 Å². The van der Waals surface area contributed by atoms with Gasteiger partial charge >= 0.3 is 0 Å². The number of rotatable bonds is 6. The summed E-state index contributed by atoms with van der Waals surface area (Å²) in [4.78, 5) is 0. The molecule has 0 radical (unpaired) electrons. The predicted molar refractivity (Wildman–Crippen MR) is 53.6 cm³/mol. The van der Waals surface area contributed by atoms with Gasteiger partial charge in [-0.25, -0.2) is 8.78 Å². The van der Waals surface area contributed by atoms with Gasteiger partial charge in [0.15, 0.2) is 11.5 Å². The quantitative estimate of drug-likeness (QED) is 0.722. The normalized spacial score (nSPS) is 10.7. The van der Waals surface area contributed by atoms with Crippen LogP contribution in [0.5, 0.6) is 11.5 Å². The van der Waals surface area contributed by atoms with E-state index in [1.165, 1.54) is 6.07 Å². The van der Waals surface area contributed by atoms with Crippen LogP contribution in [0.1, 0.15) is 13.3 Å². The molecule has 0 aliphatic carbocycles. The maximum atomic E-state index is 13.3. The molecule has 0 aliphatic rings. The van der Waals surface area contributed by atoms with Crippen molar-refractivity contribution >= 4 is 0 Å². The molecule has 0 aromatic heterocycles. The molecule has 96 valence electrons. The van der Waals surface area contributed by atoms with E-state index < -0.39 is 30.2 Å². The summed E-state index contributed by atoms with van der Waals surface area (Å²) < 4.78 is 59.8. The number of hydrogen-bond acceptors (Lipinski definition) is 2. The number of halogens is 4. The lowest BCUT2D eigenvalue weighted by molar-refractivity contribution is 0.112. The molecular weight excluding hydrogens is 240 g/mol. The highest BCUT2D eigenvalue weighted by molar-refractivity contribution is 5.34. The first-order valence-corrected chi connectivity index (χ1v) is 5.08. The molecule has 0 unspecified atom stereocenters. The smallest absolute Gasteiger partial charge is 0.241 e. The molecular formula is C11H12F4O2. The van der Waals surface area contributed by atoms with Crippen molar-refractivity contribution in [2.75, 3.05) is 13.2 Å². The van der Waals surface area contributed by atoms with Crippen LogP contribution in [0.3, 0.4) is 0 Å². The Balaban J connectivity index is 2.71. The molecule has 0 bridgehead atoms. The standard InChI is InChI=1S/C11H12F4O2/c1-2-16-7-3-4-8(11(15)10(7)14)17-6-5-9(12)13/h3-4,9H,2,5-6H2,1H3. The van der Waals surface area contributed by atoms with Crippen LogP contribution in [-0.2, 0) is 0 Å². The highest BCUT2D eigenvalue weighted by Gasteiger charge is 2.15. The monoisotopic (exact) mass is 252 g/mol. The van der Waals surface area contributed by atoms with E-state index in [0.29, 0.717) is 0 Å². The van der Waals surface area contributed by atoms with Crippen LogP contribution in [0.25, 0.3) is 0 Å². The Morgan fingerprint density at radius 2 is 1.59 bits per heavy atom. The SMILES string of the molecule is CCOc1ccc(OCCC(F)F)c(F)c1F. The summed E-state index contributed by atoms with van der Waals surface area (Å²) in [5.74, 6) is -3.04. The minimum Gasteiger partial charge on any atom is -0.491 e. The molecule has 0 atom stereocenters. The first-order chi connectivity index (χ1) is 8.06. The van der Waals surface area contributed by atoms with Gasteiger partial charge < -0.3 is 9.47 Å². The summed E-state index contributed by atoms with van der Waals surface area (Å²) >= 11 is 0. The molecule has 2 nitrogen and oxygen atoms in total. The molecule has 0 fully saturated rings. The van der Waals surface area contributed by atoms with E-state index >= 15 is 0 Å². The van der Waals surface area contributed by atoms with E-state index in [1.807, 2.05) is 0 Å². The van der Waals surface area contributed by atoms with Crippen LogP contribution in [0, 0.1) is 11.6 Å². The molecule has 17 heavy (non-hydrogen) atoms. The van der Waals surface area contributed by atoms with Gasteiger partial charge in [-0.3, -0.25) is 0 Å². The fourth-order valence-corrected chi connectivity index (χ4v) is 1.15. The van der Waals surface area contributed by atoms with E-state index in [0.717, 1.165) is 6.07 Å². The van der Waals surface area contributed by atoms with Gasteiger partial charge in [-0.1, -0.05) is 0 Å². The van der Waals surface area contributed by atoms with E-state index in [2.05, 4.69) is 0 Å². The van der Waals surface area contributed by atoms with Crippen molar-refractivity contribution in [2.24, 2.45) is 0 Å². The van der Waals surface area contributed by atoms with Crippen molar-refractivity contribution in [3.8, 4) is 11.5 Å². The fourth-order valence-electron chi connectivity index (χ4n) is 1.15. The topological polar surface area (TPSA) is 18.5 Å². The Kier molecular flexibility index (Phi) is 5.06. The number of benzene rings is 1. The molecule has 0 saturated heterocycles. The highest BCUT2D eigenvalue weighted by Crippen LogP contribution is 2.27. The zero-order valence-corrected chi connectivity index (χ0v) is 9.18. The molecule has 0 heterocycles. The predicted octanol–water partition coefficient (Wildman–Crippen LogP) is 3.40. The minimum absolute atomic E-state index is 0.196. The first kappa shape index (κ1) is 13.6. The van der Waals surface area contributed by atoms with Gasteiger partial charge in [0, 0.05) is 6.42 Å².